The number of hydrogen-bond acceptors (Lipinski definition) is 3. The standard InChI is InChI=1S/C26H36N2O3/c1-7-22(25(30)27-26(4,5)6)28(16-15-21-11-9-8-10-12-21)24(29)18-31-23-14-13-19(2)17-20(23)3/h8-14,17,22H,7,15-16,18H2,1-6H3,(H,27,30). The molecule has 2 aromatic rings. The first-order valence-electron chi connectivity index (χ1n) is 11.0. The van der Waals surface area contributed by atoms with Gasteiger partial charge in [-0.05, 0) is 64.7 Å². The van der Waals surface area contributed by atoms with Crippen LogP contribution in [0.4, 0.5) is 0 Å². The molecule has 0 aliphatic carbocycles. The molecular weight excluding hydrogens is 388 g/mol. The first kappa shape index (κ1) is 24.4. The number of amides is 2. The predicted molar refractivity (Wildman–Crippen MR) is 125 cm³/mol. The summed E-state index contributed by atoms with van der Waals surface area (Å²) in [6, 6.07) is 15.3. The van der Waals surface area contributed by atoms with Crippen LogP contribution in [0.2, 0.25) is 0 Å². The van der Waals surface area contributed by atoms with Crippen LogP contribution in [0.15, 0.2) is 48.5 Å². The van der Waals surface area contributed by atoms with Crippen LogP contribution in [0.5, 0.6) is 5.75 Å². The lowest BCUT2D eigenvalue weighted by Crippen LogP contribution is -2.54. The molecule has 1 unspecified atom stereocenters. The number of carbonyl (C=O) groups is 2. The van der Waals surface area contributed by atoms with Crippen molar-refractivity contribution in [3.63, 3.8) is 0 Å². The Morgan fingerprint density at radius 3 is 2.32 bits per heavy atom. The van der Waals surface area contributed by atoms with Gasteiger partial charge in [-0.15, -0.1) is 0 Å². The summed E-state index contributed by atoms with van der Waals surface area (Å²) in [5, 5.41) is 3.02. The van der Waals surface area contributed by atoms with E-state index in [-0.39, 0.29) is 24.0 Å². The number of carbonyl (C=O) groups excluding carboxylic acids is 2. The van der Waals surface area contributed by atoms with Crippen molar-refractivity contribution in [1.82, 2.24) is 10.2 Å². The molecule has 0 spiro atoms. The van der Waals surface area contributed by atoms with Crippen LogP contribution in [0.3, 0.4) is 0 Å². The quantitative estimate of drug-likeness (QED) is 0.647. The second kappa shape index (κ2) is 11.0. The van der Waals surface area contributed by atoms with Crippen LogP contribution in [0.25, 0.3) is 0 Å². The molecule has 1 N–H and O–H groups in total. The van der Waals surface area contributed by atoms with Crippen LogP contribution in [0.1, 0.15) is 50.8 Å². The second-order valence-corrected chi connectivity index (χ2v) is 9.04. The van der Waals surface area contributed by atoms with Gasteiger partial charge >= 0.3 is 0 Å². The summed E-state index contributed by atoms with van der Waals surface area (Å²) in [4.78, 5) is 27.8. The average Bonchev–Trinajstić information content (AvgIpc) is 2.69. The first-order valence-corrected chi connectivity index (χ1v) is 11.0. The Labute approximate surface area is 186 Å². The summed E-state index contributed by atoms with van der Waals surface area (Å²) in [7, 11) is 0. The number of ether oxygens (including phenoxy) is 1. The van der Waals surface area contributed by atoms with Gasteiger partial charge < -0.3 is 15.0 Å². The zero-order chi connectivity index (χ0) is 23.0. The van der Waals surface area contributed by atoms with E-state index in [0.717, 1.165) is 16.7 Å². The second-order valence-electron chi connectivity index (χ2n) is 9.04. The number of hydrogen-bond donors (Lipinski definition) is 1. The molecule has 0 radical (unpaired) electrons. The first-order chi connectivity index (χ1) is 14.6. The molecule has 0 heterocycles. The van der Waals surface area contributed by atoms with Crippen molar-refractivity contribution in [2.24, 2.45) is 0 Å². The van der Waals surface area contributed by atoms with E-state index in [4.69, 9.17) is 4.74 Å². The summed E-state index contributed by atoms with van der Waals surface area (Å²) < 4.78 is 5.84. The highest BCUT2D eigenvalue weighted by atomic mass is 16.5. The molecule has 0 bridgehead atoms. The van der Waals surface area contributed by atoms with Gasteiger partial charge in [0.1, 0.15) is 11.8 Å². The highest BCUT2D eigenvalue weighted by molar-refractivity contribution is 5.88. The predicted octanol–water partition coefficient (Wildman–Crippen LogP) is 4.45. The van der Waals surface area contributed by atoms with E-state index in [1.54, 1.807) is 4.90 Å². The number of benzene rings is 2. The fourth-order valence-electron chi connectivity index (χ4n) is 3.53. The smallest absolute Gasteiger partial charge is 0.261 e. The topological polar surface area (TPSA) is 58.6 Å². The molecule has 2 aromatic carbocycles. The molecule has 5 heteroatoms. The molecule has 0 saturated carbocycles. The summed E-state index contributed by atoms with van der Waals surface area (Å²) in [5.74, 6) is 0.365. The largest absolute Gasteiger partial charge is 0.483 e. The molecule has 2 rings (SSSR count). The third-order valence-corrected chi connectivity index (χ3v) is 5.05. The van der Waals surface area contributed by atoms with Gasteiger partial charge in [-0.1, -0.05) is 55.0 Å². The van der Waals surface area contributed by atoms with Gasteiger partial charge in [0.25, 0.3) is 5.91 Å². The molecule has 0 aromatic heterocycles. The molecule has 31 heavy (non-hydrogen) atoms. The van der Waals surface area contributed by atoms with Crippen molar-refractivity contribution in [3.05, 3.63) is 65.2 Å². The number of nitrogens with zero attached hydrogens (tertiary/aromatic N) is 1. The maximum Gasteiger partial charge on any atom is 0.261 e. The van der Waals surface area contributed by atoms with Crippen LogP contribution in [-0.4, -0.2) is 41.4 Å². The molecule has 0 aliphatic heterocycles. The van der Waals surface area contributed by atoms with Crippen LogP contribution in [0, 0.1) is 13.8 Å². The van der Waals surface area contributed by atoms with Gasteiger partial charge in [0.2, 0.25) is 5.91 Å². The fraction of sp³-hybridized carbons (Fsp3) is 0.462. The zero-order valence-electron chi connectivity index (χ0n) is 19.7. The van der Waals surface area contributed by atoms with Crippen molar-refractivity contribution in [3.8, 4) is 5.75 Å². The van der Waals surface area contributed by atoms with Crippen molar-refractivity contribution >= 4 is 11.8 Å². The Hall–Kier alpha value is -2.82. The molecular formula is C26H36N2O3. The summed E-state index contributed by atoms with van der Waals surface area (Å²) in [6.07, 6.45) is 1.21. The maximum atomic E-state index is 13.2. The molecule has 0 saturated heterocycles. The highest BCUT2D eigenvalue weighted by Crippen LogP contribution is 2.19. The van der Waals surface area contributed by atoms with Gasteiger partial charge in [-0.25, -0.2) is 0 Å². The Balaban J connectivity index is 2.17. The molecule has 1 atom stereocenters. The molecule has 2 amide bonds. The third-order valence-electron chi connectivity index (χ3n) is 5.05. The van der Waals surface area contributed by atoms with E-state index in [2.05, 4.69) is 5.32 Å². The Morgan fingerprint density at radius 2 is 1.74 bits per heavy atom. The van der Waals surface area contributed by atoms with Gasteiger partial charge in [-0.3, -0.25) is 9.59 Å². The summed E-state index contributed by atoms with van der Waals surface area (Å²) in [6.45, 7) is 12.1. The lowest BCUT2D eigenvalue weighted by atomic mass is 10.1. The zero-order valence-corrected chi connectivity index (χ0v) is 19.7. The number of aryl methyl sites for hydroxylation is 2. The Bertz CT molecular complexity index is 872. The normalized spacial score (nSPS) is 12.2. The maximum absolute atomic E-state index is 13.2. The molecule has 168 valence electrons. The SMILES string of the molecule is CCC(C(=O)NC(C)(C)C)N(CCc1ccccc1)C(=O)COc1ccc(C)cc1C. The highest BCUT2D eigenvalue weighted by Gasteiger charge is 2.30. The molecule has 0 fully saturated rings. The lowest BCUT2D eigenvalue weighted by molar-refractivity contribution is -0.142. The minimum absolute atomic E-state index is 0.0992. The van der Waals surface area contributed by atoms with E-state index in [1.807, 2.05) is 90.1 Å². The summed E-state index contributed by atoms with van der Waals surface area (Å²) in [5.41, 5.74) is 2.89. The van der Waals surface area contributed by atoms with Crippen LogP contribution < -0.4 is 10.1 Å². The van der Waals surface area contributed by atoms with Crippen molar-refractivity contribution < 1.29 is 14.3 Å². The van der Waals surface area contributed by atoms with Gasteiger partial charge in [-0.2, -0.15) is 0 Å². The van der Waals surface area contributed by atoms with Gasteiger partial charge in [0, 0.05) is 12.1 Å². The van der Waals surface area contributed by atoms with Crippen molar-refractivity contribution in [1.29, 1.82) is 0 Å². The van der Waals surface area contributed by atoms with E-state index in [9.17, 15) is 9.59 Å². The lowest BCUT2D eigenvalue weighted by Gasteiger charge is -2.33. The fourth-order valence-corrected chi connectivity index (χ4v) is 3.53. The third kappa shape index (κ3) is 7.74. The van der Waals surface area contributed by atoms with Gasteiger partial charge in [0.15, 0.2) is 6.61 Å². The molecule has 5 nitrogen and oxygen atoms in total. The Morgan fingerprint density at radius 1 is 1.06 bits per heavy atom. The monoisotopic (exact) mass is 424 g/mol. The minimum atomic E-state index is -0.543. The summed E-state index contributed by atoms with van der Waals surface area (Å²) >= 11 is 0. The van der Waals surface area contributed by atoms with Crippen molar-refractivity contribution in [2.75, 3.05) is 13.2 Å². The van der Waals surface area contributed by atoms with E-state index in [1.165, 1.54) is 0 Å². The average molecular weight is 425 g/mol. The number of rotatable bonds is 9. The van der Waals surface area contributed by atoms with E-state index < -0.39 is 6.04 Å². The van der Waals surface area contributed by atoms with Crippen molar-refractivity contribution in [2.45, 2.75) is 66.0 Å². The molecule has 0 aliphatic rings. The van der Waals surface area contributed by atoms with Crippen LogP contribution in [-0.2, 0) is 16.0 Å². The van der Waals surface area contributed by atoms with Gasteiger partial charge in [0.05, 0.1) is 0 Å². The van der Waals surface area contributed by atoms with E-state index >= 15 is 0 Å². The Kier molecular flexibility index (Phi) is 8.66. The minimum Gasteiger partial charge on any atom is -0.483 e. The van der Waals surface area contributed by atoms with E-state index in [0.29, 0.717) is 25.1 Å². The van der Waals surface area contributed by atoms with Crippen LogP contribution >= 0.6 is 0 Å². The number of nitrogens with one attached hydrogen (secondary N) is 1.